The molecule has 0 aliphatic heterocycles. The number of hydrogen-bond donors (Lipinski definition) is 2. The van der Waals surface area contributed by atoms with Gasteiger partial charge in [0.1, 0.15) is 5.82 Å². The Morgan fingerprint density at radius 1 is 1.25 bits per heavy atom. The van der Waals surface area contributed by atoms with Gasteiger partial charge in [-0.25, -0.2) is 4.39 Å². The van der Waals surface area contributed by atoms with Crippen LogP contribution in [0.5, 0.6) is 0 Å². The van der Waals surface area contributed by atoms with Crippen LogP contribution in [0.15, 0.2) is 42.6 Å². The highest BCUT2D eigenvalue weighted by molar-refractivity contribution is 5.45. The van der Waals surface area contributed by atoms with E-state index in [9.17, 15) is 4.39 Å². The van der Waals surface area contributed by atoms with Crippen LogP contribution in [0.4, 0.5) is 15.8 Å². The lowest BCUT2D eigenvalue weighted by Crippen LogP contribution is -2.03. The van der Waals surface area contributed by atoms with Crippen LogP contribution in [0.1, 0.15) is 5.69 Å². The van der Waals surface area contributed by atoms with Gasteiger partial charge in [-0.3, -0.25) is 4.98 Å². The van der Waals surface area contributed by atoms with Crippen LogP contribution in [0.3, 0.4) is 0 Å². The van der Waals surface area contributed by atoms with Crippen molar-refractivity contribution < 1.29 is 4.39 Å². The predicted molar refractivity (Wildman–Crippen MR) is 62.4 cm³/mol. The van der Waals surface area contributed by atoms with E-state index in [2.05, 4.69) is 10.3 Å². The molecule has 1 aromatic heterocycles. The lowest BCUT2D eigenvalue weighted by Gasteiger charge is -2.06. The van der Waals surface area contributed by atoms with Crippen molar-refractivity contribution in [3.05, 3.63) is 54.1 Å². The molecule has 0 spiro atoms. The molecule has 2 rings (SSSR count). The van der Waals surface area contributed by atoms with Crippen molar-refractivity contribution in [2.24, 2.45) is 0 Å². The largest absolute Gasteiger partial charge is 0.399 e. The Hall–Kier alpha value is -2.10. The van der Waals surface area contributed by atoms with E-state index >= 15 is 0 Å². The van der Waals surface area contributed by atoms with Crippen molar-refractivity contribution >= 4 is 11.4 Å². The SMILES string of the molecule is Nc1ccnc(CNc2ccccc2F)c1. The molecule has 1 heterocycles. The molecular formula is C12H12FN3. The molecule has 0 atom stereocenters. The molecular weight excluding hydrogens is 205 g/mol. The summed E-state index contributed by atoms with van der Waals surface area (Å²) in [4.78, 5) is 4.12. The highest BCUT2D eigenvalue weighted by Gasteiger charge is 2.00. The Labute approximate surface area is 93.1 Å². The number of hydrogen-bond acceptors (Lipinski definition) is 3. The van der Waals surface area contributed by atoms with Crippen LogP contribution in [-0.4, -0.2) is 4.98 Å². The molecule has 0 aliphatic carbocycles. The zero-order valence-corrected chi connectivity index (χ0v) is 8.65. The zero-order chi connectivity index (χ0) is 11.4. The number of nitrogens with one attached hydrogen (secondary N) is 1. The van der Waals surface area contributed by atoms with Crippen LogP contribution in [-0.2, 0) is 6.54 Å². The molecule has 4 heteroatoms. The molecule has 0 unspecified atom stereocenters. The van der Waals surface area contributed by atoms with E-state index < -0.39 is 0 Å². The first kappa shape index (κ1) is 10.4. The first-order valence-electron chi connectivity index (χ1n) is 4.94. The van der Waals surface area contributed by atoms with Gasteiger partial charge in [0.15, 0.2) is 0 Å². The third-order valence-electron chi connectivity index (χ3n) is 2.17. The number of nitrogen functional groups attached to an aromatic ring is 1. The number of halogens is 1. The van der Waals surface area contributed by atoms with E-state index in [0.717, 1.165) is 5.69 Å². The number of benzene rings is 1. The lowest BCUT2D eigenvalue weighted by molar-refractivity contribution is 0.630. The maximum absolute atomic E-state index is 13.3. The second kappa shape index (κ2) is 4.61. The molecule has 3 N–H and O–H groups in total. The molecule has 3 nitrogen and oxygen atoms in total. The first-order valence-corrected chi connectivity index (χ1v) is 4.94. The highest BCUT2D eigenvalue weighted by atomic mass is 19.1. The molecule has 0 amide bonds. The summed E-state index contributed by atoms with van der Waals surface area (Å²) in [6, 6.07) is 9.99. The third kappa shape index (κ3) is 2.48. The normalized spacial score (nSPS) is 10.1. The molecule has 0 fully saturated rings. The topological polar surface area (TPSA) is 50.9 Å². The Kier molecular flexibility index (Phi) is 3.00. The van der Waals surface area contributed by atoms with Gasteiger partial charge in [-0.2, -0.15) is 0 Å². The molecule has 0 saturated heterocycles. The van der Waals surface area contributed by atoms with Crippen LogP contribution in [0.2, 0.25) is 0 Å². The van der Waals surface area contributed by atoms with E-state index in [1.807, 2.05) is 0 Å². The van der Waals surface area contributed by atoms with Gasteiger partial charge in [0, 0.05) is 11.9 Å². The van der Waals surface area contributed by atoms with E-state index in [4.69, 9.17) is 5.73 Å². The fraction of sp³-hybridized carbons (Fsp3) is 0.0833. The number of rotatable bonds is 3. The van der Waals surface area contributed by atoms with Gasteiger partial charge in [0.05, 0.1) is 17.9 Å². The van der Waals surface area contributed by atoms with Crippen molar-refractivity contribution in [3.63, 3.8) is 0 Å². The van der Waals surface area contributed by atoms with Crippen LogP contribution < -0.4 is 11.1 Å². The second-order valence-corrected chi connectivity index (χ2v) is 3.41. The summed E-state index contributed by atoms with van der Waals surface area (Å²) in [5.41, 5.74) is 7.51. The van der Waals surface area contributed by atoms with Crippen LogP contribution >= 0.6 is 0 Å². The number of aromatic nitrogens is 1. The number of nitrogens with two attached hydrogens (primary N) is 1. The van der Waals surface area contributed by atoms with E-state index in [0.29, 0.717) is 17.9 Å². The average molecular weight is 217 g/mol. The van der Waals surface area contributed by atoms with E-state index in [1.54, 1.807) is 36.5 Å². The van der Waals surface area contributed by atoms with Gasteiger partial charge >= 0.3 is 0 Å². The highest BCUT2D eigenvalue weighted by Crippen LogP contribution is 2.13. The molecule has 1 aromatic carbocycles. The van der Waals surface area contributed by atoms with Crippen molar-refractivity contribution in [2.45, 2.75) is 6.54 Å². The van der Waals surface area contributed by atoms with Gasteiger partial charge in [-0.1, -0.05) is 12.1 Å². The van der Waals surface area contributed by atoms with Crippen LogP contribution in [0, 0.1) is 5.82 Å². The number of para-hydroxylation sites is 1. The van der Waals surface area contributed by atoms with Crippen molar-refractivity contribution in [1.82, 2.24) is 4.98 Å². The smallest absolute Gasteiger partial charge is 0.146 e. The lowest BCUT2D eigenvalue weighted by atomic mass is 10.3. The fourth-order valence-corrected chi connectivity index (χ4v) is 1.38. The Bertz CT molecular complexity index is 485. The van der Waals surface area contributed by atoms with Gasteiger partial charge < -0.3 is 11.1 Å². The molecule has 2 aromatic rings. The maximum Gasteiger partial charge on any atom is 0.146 e. The molecule has 82 valence electrons. The minimum Gasteiger partial charge on any atom is -0.399 e. The van der Waals surface area contributed by atoms with Crippen LogP contribution in [0.25, 0.3) is 0 Å². The predicted octanol–water partition coefficient (Wildman–Crippen LogP) is 2.42. The van der Waals surface area contributed by atoms with E-state index in [-0.39, 0.29) is 5.82 Å². The van der Waals surface area contributed by atoms with Gasteiger partial charge in [-0.15, -0.1) is 0 Å². The summed E-state index contributed by atoms with van der Waals surface area (Å²) in [5, 5.41) is 2.96. The zero-order valence-electron chi connectivity index (χ0n) is 8.65. The number of anilines is 2. The molecule has 0 saturated carbocycles. The molecule has 16 heavy (non-hydrogen) atoms. The van der Waals surface area contributed by atoms with Gasteiger partial charge in [0.2, 0.25) is 0 Å². The summed E-state index contributed by atoms with van der Waals surface area (Å²) < 4.78 is 13.3. The summed E-state index contributed by atoms with van der Waals surface area (Å²) in [7, 11) is 0. The summed E-state index contributed by atoms with van der Waals surface area (Å²) in [6.45, 7) is 0.450. The minimum absolute atomic E-state index is 0.272. The number of nitrogens with zero attached hydrogens (tertiary/aromatic N) is 1. The average Bonchev–Trinajstić information content (AvgIpc) is 2.28. The van der Waals surface area contributed by atoms with Crippen molar-refractivity contribution in [2.75, 3.05) is 11.1 Å². The van der Waals surface area contributed by atoms with Crippen molar-refractivity contribution in [1.29, 1.82) is 0 Å². The molecule has 0 radical (unpaired) electrons. The van der Waals surface area contributed by atoms with Gasteiger partial charge in [0.25, 0.3) is 0 Å². The summed E-state index contributed by atoms with van der Waals surface area (Å²) >= 11 is 0. The molecule has 0 bridgehead atoms. The Morgan fingerprint density at radius 2 is 2.06 bits per heavy atom. The molecule has 0 aliphatic rings. The quantitative estimate of drug-likeness (QED) is 0.830. The second-order valence-electron chi connectivity index (χ2n) is 3.41. The standard InChI is InChI=1S/C12H12FN3/c13-11-3-1-2-4-12(11)16-8-10-7-9(14)5-6-15-10/h1-7,16H,8H2,(H2,14,15). The first-order chi connectivity index (χ1) is 7.75. The summed E-state index contributed by atoms with van der Waals surface area (Å²) in [6.07, 6.45) is 1.63. The van der Waals surface area contributed by atoms with Crippen molar-refractivity contribution in [3.8, 4) is 0 Å². The summed E-state index contributed by atoms with van der Waals surface area (Å²) in [5.74, 6) is -0.272. The maximum atomic E-state index is 13.3. The Morgan fingerprint density at radius 3 is 2.81 bits per heavy atom. The van der Waals surface area contributed by atoms with E-state index in [1.165, 1.54) is 6.07 Å². The fourth-order valence-electron chi connectivity index (χ4n) is 1.38. The number of pyridine rings is 1. The monoisotopic (exact) mass is 217 g/mol. The minimum atomic E-state index is -0.272. The van der Waals surface area contributed by atoms with Gasteiger partial charge in [-0.05, 0) is 24.3 Å². The Balaban J connectivity index is 2.05. The third-order valence-corrected chi connectivity index (χ3v) is 2.17.